The minimum atomic E-state index is -0.203. The van der Waals surface area contributed by atoms with E-state index >= 15 is 0 Å². The number of esters is 1. The van der Waals surface area contributed by atoms with E-state index in [1.165, 1.54) is 83.5 Å². The molecule has 30 heavy (non-hydrogen) atoms. The molecular formula is C27H43NO2. The summed E-state index contributed by atoms with van der Waals surface area (Å²) in [6.45, 7) is 4.12. The van der Waals surface area contributed by atoms with Crippen LogP contribution in [0.15, 0.2) is 18.3 Å². The molecule has 0 atom stereocenters. The summed E-state index contributed by atoms with van der Waals surface area (Å²) in [6, 6.07) is 3.90. The summed E-state index contributed by atoms with van der Waals surface area (Å²) < 4.78 is 5.21. The zero-order valence-electron chi connectivity index (χ0n) is 19.4. The lowest BCUT2D eigenvalue weighted by Gasteiger charge is -2.38. The average Bonchev–Trinajstić information content (AvgIpc) is 2.79. The minimum Gasteiger partial charge on any atom is -0.425 e. The van der Waals surface area contributed by atoms with Gasteiger partial charge in [-0.05, 0) is 74.3 Å². The smallest absolute Gasteiger partial charge is 0.310 e. The largest absolute Gasteiger partial charge is 0.425 e. The van der Waals surface area contributed by atoms with Crippen LogP contribution in [0.3, 0.4) is 0 Å². The number of carbonyl (C=O) groups is 1. The van der Waals surface area contributed by atoms with Crippen molar-refractivity contribution < 1.29 is 9.53 Å². The van der Waals surface area contributed by atoms with E-state index in [4.69, 9.17) is 4.74 Å². The Morgan fingerprint density at radius 1 is 0.900 bits per heavy atom. The highest BCUT2D eigenvalue weighted by atomic mass is 16.5. The molecule has 0 saturated heterocycles. The van der Waals surface area contributed by atoms with Crippen LogP contribution in [0.4, 0.5) is 0 Å². The first kappa shape index (κ1) is 23.3. The Morgan fingerprint density at radius 3 is 2.07 bits per heavy atom. The summed E-state index contributed by atoms with van der Waals surface area (Å²) in [6.07, 6.45) is 21.8. The number of aromatic nitrogens is 1. The van der Waals surface area contributed by atoms with Crippen LogP contribution in [-0.4, -0.2) is 11.0 Å². The molecule has 1 aromatic rings. The van der Waals surface area contributed by atoms with E-state index < -0.39 is 0 Å². The Morgan fingerprint density at radius 2 is 1.53 bits per heavy atom. The van der Waals surface area contributed by atoms with Gasteiger partial charge in [-0.25, -0.2) is 0 Å². The first-order valence-electron chi connectivity index (χ1n) is 12.8. The van der Waals surface area contributed by atoms with Crippen molar-refractivity contribution in [3.05, 3.63) is 24.0 Å². The van der Waals surface area contributed by atoms with Crippen LogP contribution in [0.5, 0.6) is 5.75 Å². The van der Waals surface area contributed by atoms with Crippen LogP contribution >= 0.6 is 0 Å². The zero-order chi connectivity index (χ0) is 21.2. The van der Waals surface area contributed by atoms with E-state index in [0.717, 1.165) is 35.8 Å². The van der Waals surface area contributed by atoms with E-state index in [1.54, 1.807) is 13.1 Å². The van der Waals surface area contributed by atoms with Crippen molar-refractivity contribution in [2.75, 3.05) is 0 Å². The molecule has 1 aromatic heterocycles. The molecule has 0 N–H and O–H groups in total. The molecule has 2 saturated carbocycles. The van der Waals surface area contributed by atoms with E-state index in [2.05, 4.69) is 11.9 Å². The molecule has 3 rings (SSSR count). The molecule has 0 bridgehead atoms. The van der Waals surface area contributed by atoms with Crippen LogP contribution in [0.2, 0.25) is 0 Å². The molecule has 2 aliphatic rings. The summed E-state index contributed by atoms with van der Waals surface area (Å²) in [7, 11) is 0. The predicted octanol–water partition coefficient (Wildman–Crippen LogP) is 7.52. The van der Waals surface area contributed by atoms with Gasteiger partial charge in [0.05, 0.1) is 6.20 Å². The van der Waals surface area contributed by atoms with Crippen molar-refractivity contribution in [2.24, 2.45) is 23.7 Å². The number of rotatable bonds is 10. The first-order valence-corrected chi connectivity index (χ1v) is 12.8. The summed E-state index contributed by atoms with van der Waals surface area (Å²) in [4.78, 5) is 15.9. The van der Waals surface area contributed by atoms with Crippen molar-refractivity contribution in [3.8, 4) is 5.75 Å². The van der Waals surface area contributed by atoms with Gasteiger partial charge < -0.3 is 4.74 Å². The van der Waals surface area contributed by atoms with Crippen LogP contribution < -0.4 is 4.74 Å². The highest BCUT2D eigenvalue weighted by molar-refractivity contribution is 5.71. The van der Waals surface area contributed by atoms with Crippen molar-refractivity contribution in [1.82, 2.24) is 4.98 Å². The van der Waals surface area contributed by atoms with Gasteiger partial charge in [0, 0.05) is 12.1 Å². The molecule has 0 aromatic carbocycles. The van der Waals surface area contributed by atoms with Crippen LogP contribution in [-0.2, 0) is 11.2 Å². The van der Waals surface area contributed by atoms with E-state index in [1.807, 2.05) is 12.1 Å². The van der Waals surface area contributed by atoms with Gasteiger partial charge in [0.15, 0.2) is 0 Å². The third kappa shape index (κ3) is 7.39. The maximum Gasteiger partial charge on any atom is 0.310 e. The van der Waals surface area contributed by atoms with Gasteiger partial charge in [-0.2, -0.15) is 0 Å². The highest BCUT2D eigenvalue weighted by Gasteiger charge is 2.30. The molecule has 0 amide bonds. The van der Waals surface area contributed by atoms with Crippen molar-refractivity contribution >= 4 is 5.97 Å². The fourth-order valence-electron chi connectivity index (χ4n) is 5.75. The minimum absolute atomic E-state index is 0.203. The van der Waals surface area contributed by atoms with Gasteiger partial charge in [-0.3, -0.25) is 9.78 Å². The van der Waals surface area contributed by atoms with Gasteiger partial charge in [-0.1, -0.05) is 65.2 Å². The fraction of sp³-hybridized carbons (Fsp3) is 0.778. The third-order valence-corrected chi connectivity index (χ3v) is 7.79. The predicted molar refractivity (Wildman–Crippen MR) is 124 cm³/mol. The van der Waals surface area contributed by atoms with Crippen molar-refractivity contribution in [1.29, 1.82) is 0 Å². The van der Waals surface area contributed by atoms with E-state index in [-0.39, 0.29) is 5.97 Å². The number of carbonyl (C=O) groups excluding carboxylic acids is 1. The number of unbranched alkanes of at least 4 members (excludes halogenated alkanes) is 2. The summed E-state index contributed by atoms with van der Waals surface area (Å²) >= 11 is 0. The van der Waals surface area contributed by atoms with Gasteiger partial charge in [0.2, 0.25) is 0 Å². The second-order valence-corrected chi connectivity index (χ2v) is 9.91. The zero-order valence-corrected chi connectivity index (χ0v) is 19.4. The molecule has 0 unspecified atom stereocenters. The molecule has 168 valence electrons. The second kappa shape index (κ2) is 12.5. The number of ether oxygens (including phenoxy) is 1. The lowest BCUT2D eigenvalue weighted by Crippen LogP contribution is -2.26. The summed E-state index contributed by atoms with van der Waals surface area (Å²) in [5.74, 6) is 4.29. The van der Waals surface area contributed by atoms with E-state index in [0.29, 0.717) is 12.2 Å². The molecular weight excluding hydrogens is 370 g/mol. The standard InChI is InChI=1S/C27H43NO2/c1-3-5-6-7-21-8-13-23(14-9-21)24-15-10-22(11-16-24)12-17-25-18-19-26(20-28-25)30-27(29)4-2/h18-24H,3-17H2,1-2H3/t21-,22-,23-,24-. The van der Waals surface area contributed by atoms with Gasteiger partial charge in [-0.15, -0.1) is 0 Å². The lowest BCUT2D eigenvalue weighted by atomic mass is 9.68. The van der Waals surface area contributed by atoms with Crippen molar-refractivity contribution in [2.45, 2.75) is 110 Å². The van der Waals surface area contributed by atoms with Gasteiger partial charge in [0.25, 0.3) is 0 Å². The van der Waals surface area contributed by atoms with Crippen LogP contribution in [0.1, 0.15) is 109 Å². The SMILES string of the molecule is CCCCC[C@H]1CC[C@H]([C@H]2CC[C@H](CCc3ccc(OC(=O)CC)cn3)CC2)CC1. The highest BCUT2D eigenvalue weighted by Crippen LogP contribution is 2.43. The normalized spacial score (nSPS) is 27.0. The number of hydrogen-bond donors (Lipinski definition) is 0. The maximum absolute atomic E-state index is 11.4. The molecule has 0 radical (unpaired) electrons. The lowest BCUT2D eigenvalue weighted by molar-refractivity contribution is -0.134. The Balaban J connectivity index is 1.32. The number of nitrogens with zero attached hydrogens (tertiary/aromatic N) is 1. The van der Waals surface area contributed by atoms with Crippen LogP contribution in [0.25, 0.3) is 0 Å². The summed E-state index contributed by atoms with van der Waals surface area (Å²) in [5, 5.41) is 0. The molecule has 0 aliphatic heterocycles. The maximum atomic E-state index is 11.4. The molecule has 3 heteroatoms. The second-order valence-electron chi connectivity index (χ2n) is 9.91. The van der Waals surface area contributed by atoms with Gasteiger partial charge in [0.1, 0.15) is 5.75 Å². The molecule has 2 aliphatic carbocycles. The molecule has 3 nitrogen and oxygen atoms in total. The van der Waals surface area contributed by atoms with Crippen LogP contribution in [0, 0.1) is 23.7 Å². The van der Waals surface area contributed by atoms with Gasteiger partial charge >= 0.3 is 5.97 Å². The Bertz CT molecular complexity index is 610. The average molecular weight is 414 g/mol. The van der Waals surface area contributed by atoms with E-state index in [9.17, 15) is 4.79 Å². The molecule has 2 fully saturated rings. The topological polar surface area (TPSA) is 39.2 Å². The number of hydrogen-bond acceptors (Lipinski definition) is 3. The van der Waals surface area contributed by atoms with Crippen molar-refractivity contribution in [3.63, 3.8) is 0 Å². The fourth-order valence-corrected chi connectivity index (χ4v) is 5.75. The number of pyridine rings is 1. The Hall–Kier alpha value is -1.38. The number of aryl methyl sites for hydroxylation is 1. The quantitative estimate of drug-likeness (QED) is 0.294. The summed E-state index contributed by atoms with van der Waals surface area (Å²) in [5.41, 5.74) is 1.12. The Kier molecular flexibility index (Phi) is 9.68. The molecule has 1 heterocycles. The third-order valence-electron chi connectivity index (χ3n) is 7.79. The monoisotopic (exact) mass is 413 g/mol. The Labute approximate surface area is 184 Å². The first-order chi connectivity index (χ1) is 14.7. The molecule has 0 spiro atoms.